The van der Waals surface area contributed by atoms with Crippen LogP contribution in [0.1, 0.15) is 222 Å². The molecule has 0 spiro atoms. The molecule has 12 aromatic rings. The van der Waals surface area contributed by atoms with E-state index >= 15 is 0 Å². The Hall–Kier alpha value is -11.5. The van der Waals surface area contributed by atoms with Crippen LogP contribution in [0, 0.1) is 11.3 Å². The zero-order valence-electron chi connectivity index (χ0n) is 73.5. The van der Waals surface area contributed by atoms with Crippen LogP contribution >= 0.6 is 23.2 Å². The number of carbonyl (C=O) groups is 4. The van der Waals surface area contributed by atoms with Crippen molar-refractivity contribution in [2.24, 2.45) is 11.3 Å². The summed E-state index contributed by atoms with van der Waals surface area (Å²) in [5.41, 5.74) is -0.842. The van der Waals surface area contributed by atoms with E-state index in [1.165, 1.54) is 49.5 Å². The van der Waals surface area contributed by atoms with Gasteiger partial charge in [-0.25, -0.2) is 24.7 Å². The molecule has 7 aliphatic carbocycles. The number of aliphatic carboxylic acids is 1. The first kappa shape index (κ1) is 91.8. The number of aromatic nitrogens is 16. The van der Waals surface area contributed by atoms with Crippen molar-refractivity contribution in [2.45, 2.75) is 254 Å². The molecule has 7 fully saturated rings. The second kappa shape index (κ2) is 40.9. The van der Waals surface area contributed by atoms with E-state index in [2.05, 4.69) is 65.6 Å². The number of hydrogen-bond donors (Lipinski definition) is 7. The number of aromatic amines is 4. The van der Waals surface area contributed by atoms with Crippen LogP contribution in [0.2, 0.25) is 10.0 Å². The third kappa shape index (κ3) is 20.8. The fourth-order valence-corrected chi connectivity index (χ4v) is 19.3. The van der Waals surface area contributed by atoms with Crippen molar-refractivity contribution in [3.05, 3.63) is 208 Å². The lowest BCUT2D eigenvalue weighted by atomic mass is 9.82. The van der Waals surface area contributed by atoms with Crippen LogP contribution in [0.4, 0.5) is 0 Å². The number of halogens is 2. The van der Waals surface area contributed by atoms with Crippen molar-refractivity contribution in [1.82, 2.24) is 93.4 Å². The molecule has 33 nitrogen and oxygen atoms in total. The average molecular weight is 1820 g/mol. The van der Waals surface area contributed by atoms with Crippen LogP contribution in [0.5, 0.6) is 0 Å². The number of ether oxygens (including phenoxy) is 4. The number of nitrogens with zero attached hydrogens (tertiary/aromatic N) is 14. The standard InChI is InChI=1S/C26H32ClN5O4.C26H32ClN5O3.C25H31N5O3.C18H18N4O4/c27-20-19(29-24-30-21(31-32(24)22(20)34)18-9-3-1-4-10-18)15-36-26(13-5-2-6-14-26)23(35)28-16-25(17-33)11-7-8-12-25;1-31(19-13-7-3-8-14-19)24(34)26(15-9-4-10-16-26)35-17-20-21(27)23(33)32-25(28-20)29-22(30-32)18-11-5-2-6-12-18;1-29(15-12-18-10-11-18)23(32)25(13-6-3-7-14-25)33-17-20-16-21(31)30-24(26-20)27-22(28-30)19-8-4-2-5-9-19;23-14-10-13(11-26-18(16(24)25)8-4-5-9-18)19-17-20-15(21-22(14)17)12-6-2-1-3-7-12/h1,3-4,9-10,33H,2,5-8,11-17H2,(H,28,35)(H,29,30,31);2,5-6,11-12,19H,3-4,7-10,13-17H2,1H3,(H,28,29,30);2,4-5,8-9,16,18H,3,6-7,10-15,17H2,1H3,(H,26,27,28);1-3,6-7,10H,4-5,8-9,11H2,(H,24,25)(H,19,20,21). The second-order valence-corrected chi connectivity index (χ2v) is 36.6. The number of aliphatic hydroxyl groups excluding tert-OH is 1. The third-order valence-electron chi connectivity index (χ3n) is 26.9. The summed E-state index contributed by atoms with van der Waals surface area (Å²) in [4.78, 5) is 143. The first-order valence-electron chi connectivity index (χ1n) is 45.8. The van der Waals surface area contributed by atoms with Gasteiger partial charge in [0.15, 0.2) is 28.9 Å². The van der Waals surface area contributed by atoms with E-state index in [1.807, 2.05) is 145 Å². The van der Waals surface area contributed by atoms with E-state index in [0.717, 1.165) is 163 Å². The molecule has 19 rings (SSSR count). The van der Waals surface area contributed by atoms with E-state index in [0.29, 0.717) is 104 Å². The lowest BCUT2D eigenvalue weighted by Gasteiger charge is -2.41. The molecule has 4 aromatic carbocycles. The topological polar surface area (TPSA) is 416 Å². The van der Waals surface area contributed by atoms with Gasteiger partial charge in [0, 0.05) is 73.0 Å². The highest BCUT2D eigenvalue weighted by atomic mass is 35.5. The van der Waals surface area contributed by atoms with Gasteiger partial charge in [0.25, 0.3) is 63.1 Å². The van der Waals surface area contributed by atoms with Gasteiger partial charge in [0.05, 0.1) is 55.8 Å². The van der Waals surface area contributed by atoms with Crippen LogP contribution in [0.25, 0.3) is 68.7 Å². The summed E-state index contributed by atoms with van der Waals surface area (Å²) >= 11 is 12.8. The lowest BCUT2D eigenvalue weighted by molar-refractivity contribution is -0.167. The van der Waals surface area contributed by atoms with Crippen LogP contribution in [-0.2, 0) is 64.6 Å². The number of aliphatic hydroxyl groups is 1. The van der Waals surface area contributed by atoms with Crippen molar-refractivity contribution < 1.29 is 48.3 Å². The molecule has 686 valence electrons. The van der Waals surface area contributed by atoms with E-state index in [9.17, 15) is 48.6 Å². The molecular weight excluding hydrogens is 1700 g/mol. The predicted octanol–water partition coefficient (Wildman–Crippen LogP) is 13.9. The van der Waals surface area contributed by atoms with Crippen molar-refractivity contribution in [2.75, 3.05) is 33.8 Å². The van der Waals surface area contributed by atoms with Gasteiger partial charge in [-0.05, 0) is 102 Å². The summed E-state index contributed by atoms with van der Waals surface area (Å²) in [7, 11) is 3.80. The molecule has 0 bridgehead atoms. The first-order valence-corrected chi connectivity index (χ1v) is 46.6. The Labute approximate surface area is 759 Å². The molecule has 8 heterocycles. The normalized spacial score (nSPS) is 18.0. The molecule has 0 unspecified atom stereocenters. The Balaban J connectivity index is 0.000000128. The molecule has 7 N–H and O–H groups in total. The van der Waals surface area contributed by atoms with Gasteiger partial charge in [-0.2, -0.15) is 38.0 Å². The number of fused-ring (bicyclic) bond motifs is 4. The van der Waals surface area contributed by atoms with Gasteiger partial charge in [0.1, 0.15) is 26.8 Å². The van der Waals surface area contributed by atoms with Crippen molar-refractivity contribution in [1.29, 1.82) is 0 Å². The molecule has 7 aliphatic rings. The van der Waals surface area contributed by atoms with Gasteiger partial charge in [0.2, 0.25) is 0 Å². The molecule has 130 heavy (non-hydrogen) atoms. The first-order chi connectivity index (χ1) is 63.0. The van der Waals surface area contributed by atoms with Crippen LogP contribution in [-0.4, -0.2) is 184 Å². The number of nitrogens with one attached hydrogen (secondary N) is 5. The molecule has 7 saturated carbocycles. The van der Waals surface area contributed by atoms with Crippen LogP contribution in [0.3, 0.4) is 0 Å². The highest BCUT2D eigenvalue weighted by Gasteiger charge is 2.48. The Morgan fingerprint density at radius 3 is 1.18 bits per heavy atom. The lowest BCUT2D eigenvalue weighted by Crippen LogP contribution is -2.53. The Kier molecular flexibility index (Phi) is 28.9. The minimum absolute atomic E-state index is 0.0116. The summed E-state index contributed by atoms with van der Waals surface area (Å²) in [6.07, 6.45) is 28.6. The van der Waals surface area contributed by atoms with Gasteiger partial charge >= 0.3 is 5.97 Å². The Morgan fingerprint density at radius 1 is 0.431 bits per heavy atom. The number of H-pyrrole nitrogens is 4. The minimum atomic E-state index is -1.17. The number of carboxylic acid groups (broad SMARTS) is 1. The molecule has 35 heteroatoms. The monoisotopic (exact) mass is 1810 g/mol. The summed E-state index contributed by atoms with van der Waals surface area (Å²) in [6.45, 7) is 1.27. The summed E-state index contributed by atoms with van der Waals surface area (Å²) in [5, 5.41) is 34.3. The molecule has 8 aromatic heterocycles. The van der Waals surface area contributed by atoms with Crippen molar-refractivity contribution in [3.63, 3.8) is 0 Å². The molecule has 0 saturated heterocycles. The zero-order valence-corrected chi connectivity index (χ0v) is 75.0. The third-order valence-corrected chi connectivity index (χ3v) is 27.7. The number of benzene rings is 4. The van der Waals surface area contributed by atoms with E-state index in [4.69, 9.17) is 42.1 Å². The number of amides is 3. The maximum atomic E-state index is 13.7. The highest BCUT2D eigenvalue weighted by Crippen LogP contribution is 2.42. The van der Waals surface area contributed by atoms with E-state index < -0.39 is 39.5 Å². The smallest absolute Gasteiger partial charge is 0.335 e. The van der Waals surface area contributed by atoms with E-state index in [-0.39, 0.29) is 106 Å². The van der Waals surface area contributed by atoms with Crippen molar-refractivity contribution >= 4 is 70.0 Å². The summed E-state index contributed by atoms with van der Waals surface area (Å²) < 4.78 is 29.7. The maximum Gasteiger partial charge on any atom is 0.335 e. The summed E-state index contributed by atoms with van der Waals surface area (Å²) in [5.74, 6) is 2.84. The van der Waals surface area contributed by atoms with Crippen LogP contribution in [0.15, 0.2) is 153 Å². The SMILES string of the molecule is CN(C(=O)C1(OCc2nc3nc(-c4ccccc4)[nH]n3c(=O)c2Cl)CCCCC1)C1CCCCC1.CN(CCC1CC1)C(=O)C1(OCc2cc(=O)n3[nH]c(-c4ccccc4)nc3n2)CCCCC1.O=C(NCC1(CO)CCCC1)C1(OCc2nc3nc(-c4ccccc4)[nH]n3c(=O)c2Cl)CCCCC1.O=C(O)C1(OCc2cc(=O)n3[nH]c(-c4ccccc4)nc3n2)CCCC1. The van der Waals surface area contributed by atoms with Gasteiger partial charge in [-0.3, -0.25) is 54.0 Å². The van der Waals surface area contributed by atoms with Gasteiger partial charge < -0.3 is 44.3 Å². The summed E-state index contributed by atoms with van der Waals surface area (Å²) in [6, 6.07) is 41.0. The van der Waals surface area contributed by atoms with E-state index in [1.54, 1.807) is 0 Å². The predicted molar refractivity (Wildman–Crippen MR) is 487 cm³/mol. The minimum Gasteiger partial charge on any atom is -0.479 e. The second-order valence-electron chi connectivity index (χ2n) is 35.9. The number of likely N-dealkylation sites (N-methyl/N-ethyl adjacent to an activating group) is 2. The molecule has 0 aliphatic heterocycles. The molecule has 3 amide bonds. The molecule has 0 atom stereocenters. The van der Waals surface area contributed by atoms with Crippen LogP contribution < -0.4 is 27.6 Å². The molecular formula is C95H113Cl2N19O14. The quantitative estimate of drug-likeness (QED) is 0.0251. The maximum absolute atomic E-state index is 13.7. The number of hydrogen-bond acceptors (Lipinski definition) is 21. The largest absolute Gasteiger partial charge is 0.479 e. The zero-order chi connectivity index (χ0) is 90.6. The number of rotatable bonds is 27. The number of carbonyl (C=O) groups excluding carboxylic acids is 3. The highest BCUT2D eigenvalue weighted by molar-refractivity contribution is 6.31. The number of carboxylic acids is 1. The average Bonchev–Trinajstić information content (AvgIpc) is 1.52. The fourth-order valence-electron chi connectivity index (χ4n) is 19.0. The Bertz CT molecular complexity index is 6190. The Morgan fingerprint density at radius 2 is 0.777 bits per heavy atom. The van der Waals surface area contributed by atoms with Crippen molar-refractivity contribution in [3.8, 4) is 45.6 Å². The van der Waals surface area contributed by atoms with Gasteiger partial charge in [-0.15, -0.1) is 0 Å². The molecule has 0 radical (unpaired) electrons. The van der Waals surface area contributed by atoms with Gasteiger partial charge in [-0.1, -0.05) is 247 Å². The fraction of sp³-hybridized carbons (Fsp3) is 0.495.